The van der Waals surface area contributed by atoms with Crippen molar-refractivity contribution in [1.82, 2.24) is 9.97 Å². The van der Waals surface area contributed by atoms with Crippen LogP contribution in [-0.4, -0.2) is 26.6 Å². The van der Waals surface area contributed by atoms with Crippen LogP contribution in [0.5, 0.6) is 0 Å². The van der Waals surface area contributed by atoms with E-state index in [1.165, 1.54) is 12.1 Å². The van der Waals surface area contributed by atoms with Crippen LogP contribution >= 0.6 is 11.8 Å². The Labute approximate surface area is 154 Å². The van der Waals surface area contributed by atoms with Crippen molar-refractivity contribution in [1.29, 1.82) is 0 Å². The van der Waals surface area contributed by atoms with Crippen LogP contribution in [0.3, 0.4) is 0 Å². The molecule has 1 aromatic heterocycles. The number of benzene rings is 1. The van der Waals surface area contributed by atoms with Gasteiger partial charge in [0.25, 0.3) is 11.2 Å². The normalized spacial score (nSPS) is 10.6. The zero-order chi connectivity index (χ0) is 19.3. The van der Waals surface area contributed by atoms with Crippen molar-refractivity contribution in [2.45, 2.75) is 38.8 Å². The van der Waals surface area contributed by atoms with E-state index in [2.05, 4.69) is 15.3 Å². The second-order valence-corrected chi connectivity index (χ2v) is 6.80. The lowest BCUT2D eigenvalue weighted by Crippen LogP contribution is -2.17. The highest BCUT2D eigenvalue weighted by atomic mass is 32.2. The number of hydrogen-bond donors (Lipinski definition) is 2. The van der Waals surface area contributed by atoms with Crippen LogP contribution in [0.15, 0.2) is 28.2 Å². The lowest BCUT2D eigenvalue weighted by atomic mass is 10.1. The molecule has 2 aromatic rings. The molecule has 9 heteroatoms. The van der Waals surface area contributed by atoms with Crippen molar-refractivity contribution in [3.05, 3.63) is 55.5 Å². The molecule has 26 heavy (non-hydrogen) atoms. The number of nitrogens with one attached hydrogen (secondary N) is 2. The van der Waals surface area contributed by atoms with Gasteiger partial charge < -0.3 is 10.3 Å². The third-order valence-corrected chi connectivity index (χ3v) is 4.58. The summed E-state index contributed by atoms with van der Waals surface area (Å²) in [6.07, 6.45) is 1.54. The average molecular weight is 376 g/mol. The first kappa shape index (κ1) is 19.6. The summed E-state index contributed by atoms with van der Waals surface area (Å²) in [5.41, 5.74) is 2.03. The molecular weight excluding hydrogens is 356 g/mol. The van der Waals surface area contributed by atoms with Crippen LogP contribution in [0.1, 0.15) is 30.2 Å². The molecule has 0 aliphatic rings. The molecule has 0 fully saturated rings. The van der Waals surface area contributed by atoms with Gasteiger partial charge in [-0.3, -0.25) is 19.7 Å². The van der Waals surface area contributed by atoms with Gasteiger partial charge in [-0.05, 0) is 37.5 Å². The Morgan fingerprint density at radius 2 is 2.00 bits per heavy atom. The summed E-state index contributed by atoms with van der Waals surface area (Å²) in [5.74, 6) is -0.437. The number of aromatic amines is 1. The third-order valence-electron chi connectivity index (χ3n) is 3.70. The van der Waals surface area contributed by atoms with Crippen LogP contribution in [0.25, 0.3) is 0 Å². The van der Waals surface area contributed by atoms with Crippen molar-refractivity contribution >= 4 is 29.0 Å². The second kappa shape index (κ2) is 8.61. The fourth-order valence-corrected chi connectivity index (χ4v) is 3.00. The number of anilines is 1. The van der Waals surface area contributed by atoms with Crippen LogP contribution in [0, 0.1) is 24.0 Å². The minimum absolute atomic E-state index is 0.0252. The molecule has 0 aliphatic heterocycles. The smallest absolute Gasteiger partial charge is 0.293 e. The van der Waals surface area contributed by atoms with Gasteiger partial charge in [0.1, 0.15) is 5.69 Å². The Kier molecular flexibility index (Phi) is 6.51. The number of nitro benzene ring substituents is 1. The van der Waals surface area contributed by atoms with E-state index in [9.17, 15) is 19.7 Å². The van der Waals surface area contributed by atoms with Crippen LogP contribution < -0.4 is 10.9 Å². The van der Waals surface area contributed by atoms with E-state index in [0.29, 0.717) is 17.3 Å². The number of rotatable bonds is 7. The molecule has 2 rings (SSSR count). The molecule has 2 N–H and O–H groups in total. The molecule has 1 heterocycles. The van der Waals surface area contributed by atoms with Gasteiger partial charge >= 0.3 is 0 Å². The SMILES string of the molecule is CCCc1cc(=O)[nH]c(SCC(=O)Nc2cc(C)c(C)cc2[N+](=O)[O-])n1. The molecule has 0 saturated carbocycles. The topological polar surface area (TPSA) is 118 Å². The molecule has 0 aliphatic carbocycles. The Hall–Kier alpha value is -2.68. The van der Waals surface area contributed by atoms with E-state index in [1.54, 1.807) is 13.0 Å². The fourth-order valence-electron chi connectivity index (χ4n) is 2.31. The maximum atomic E-state index is 12.2. The number of carbonyl (C=O) groups is 1. The Morgan fingerprint density at radius 1 is 1.31 bits per heavy atom. The Morgan fingerprint density at radius 3 is 2.65 bits per heavy atom. The highest BCUT2D eigenvalue weighted by Crippen LogP contribution is 2.28. The van der Waals surface area contributed by atoms with Crippen molar-refractivity contribution in [2.24, 2.45) is 0 Å². The zero-order valence-corrected chi connectivity index (χ0v) is 15.6. The van der Waals surface area contributed by atoms with Crippen molar-refractivity contribution in [2.75, 3.05) is 11.1 Å². The molecule has 0 saturated heterocycles. The summed E-state index contributed by atoms with van der Waals surface area (Å²) in [6, 6.07) is 4.45. The number of nitro groups is 1. The second-order valence-electron chi connectivity index (χ2n) is 5.84. The van der Waals surface area contributed by atoms with E-state index in [-0.39, 0.29) is 22.7 Å². The predicted molar refractivity (Wildman–Crippen MR) is 101 cm³/mol. The Balaban J connectivity index is 2.09. The van der Waals surface area contributed by atoms with Crippen LogP contribution in [0.2, 0.25) is 0 Å². The monoisotopic (exact) mass is 376 g/mol. The summed E-state index contributed by atoms with van der Waals surface area (Å²) in [7, 11) is 0. The fraction of sp³-hybridized carbons (Fsp3) is 0.353. The lowest BCUT2D eigenvalue weighted by molar-refractivity contribution is -0.384. The van der Waals surface area contributed by atoms with E-state index in [1.807, 2.05) is 13.8 Å². The largest absolute Gasteiger partial charge is 0.320 e. The quantitative estimate of drug-likeness (QED) is 0.332. The maximum absolute atomic E-state index is 12.2. The van der Waals surface area contributed by atoms with Crippen molar-refractivity contribution in [3.63, 3.8) is 0 Å². The van der Waals surface area contributed by atoms with E-state index in [0.717, 1.165) is 29.3 Å². The van der Waals surface area contributed by atoms with Gasteiger partial charge in [0, 0.05) is 17.8 Å². The van der Waals surface area contributed by atoms with E-state index in [4.69, 9.17) is 0 Å². The summed E-state index contributed by atoms with van der Waals surface area (Å²) in [5, 5.41) is 14.1. The number of H-pyrrole nitrogens is 1. The number of hydrogen-bond acceptors (Lipinski definition) is 6. The first-order valence-electron chi connectivity index (χ1n) is 8.08. The van der Waals surface area contributed by atoms with E-state index >= 15 is 0 Å². The Bertz CT molecular complexity index is 895. The number of aromatic nitrogens is 2. The molecule has 0 radical (unpaired) electrons. The standard InChI is InChI=1S/C17H20N4O4S/c1-4-5-12-8-15(22)20-17(18-12)26-9-16(23)19-13-6-10(2)11(3)7-14(13)21(24)25/h6-8H,4-5,9H2,1-3H3,(H,19,23)(H,18,20,22). The van der Waals surface area contributed by atoms with Gasteiger partial charge in [-0.2, -0.15) is 0 Å². The molecule has 0 unspecified atom stereocenters. The van der Waals surface area contributed by atoms with Gasteiger partial charge in [0.05, 0.1) is 10.7 Å². The van der Waals surface area contributed by atoms with Crippen LogP contribution in [0.4, 0.5) is 11.4 Å². The highest BCUT2D eigenvalue weighted by molar-refractivity contribution is 7.99. The van der Waals surface area contributed by atoms with Gasteiger partial charge in [-0.25, -0.2) is 4.98 Å². The third kappa shape index (κ3) is 5.16. The molecule has 0 bridgehead atoms. The molecule has 0 atom stereocenters. The predicted octanol–water partition coefficient (Wildman–Crippen LogP) is 2.98. The maximum Gasteiger partial charge on any atom is 0.293 e. The van der Waals surface area contributed by atoms with Crippen LogP contribution in [-0.2, 0) is 11.2 Å². The molecular formula is C17H20N4O4S. The summed E-state index contributed by atoms with van der Waals surface area (Å²) < 4.78 is 0. The molecule has 0 spiro atoms. The average Bonchev–Trinajstić information content (AvgIpc) is 2.55. The summed E-state index contributed by atoms with van der Waals surface area (Å²) in [4.78, 5) is 41.3. The number of nitrogens with zero attached hydrogens (tertiary/aromatic N) is 2. The van der Waals surface area contributed by atoms with E-state index < -0.39 is 10.8 Å². The highest BCUT2D eigenvalue weighted by Gasteiger charge is 2.18. The molecule has 1 amide bonds. The number of carbonyl (C=O) groups excluding carboxylic acids is 1. The minimum atomic E-state index is -0.525. The zero-order valence-electron chi connectivity index (χ0n) is 14.8. The van der Waals surface area contributed by atoms with Gasteiger partial charge in [-0.15, -0.1) is 0 Å². The van der Waals surface area contributed by atoms with Gasteiger partial charge in [0.15, 0.2) is 5.16 Å². The number of thioether (sulfide) groups is 1. The van der Waals surface area contributed by atoms with Gasteiger partial charge in [-0.1, -0.05) is 25.1 Å². The molecule has 8 nitrogen and oxygen atoms in total. The van der Waals surface area contributed by atoms with Gasteiger partial charge in [0.2, 0.25) is 5.91 Å². The minimum Gasteiger partial charge on any atom is -0.320 e. The van der Waals surface area contributed by atoms with Crippen molar-refractivity contribution in [3.8, 4) is 0 Å². The van der Waals surface area contributed by atoms with Crippen molar-refractivity contribution < 1.29 is 9.72 Å². The first-order valence-corrected chi connectivity index (χ1v) is 9.07. The summed E-state index contributed by atoms with van der Waals surface area (Å²) in [6.45, 7) is 5.58. The number of amides is 1. The summed E-state index contributed by atoms with van der Waals surface area (Å²) >= 11 is 1.08. The molecule has 1 aromatic carbocycles. The number of aryl methyl sites for hydroxylation is 3. The lowest BCUT2D eigenvalue weighted by Gasteiger charge is -2.09. The molecule has 138 valence electrons. The first-order chi connectivity index (χ1) is 12.3.